The van der Waals surface area contributed by atoms with E-state index in [0.717, 1.165) is 11.6 Å². The van der Waals surface area contributed by atoms with E-state index in [1.807, 2.05) is 6.07 Å². The van der Waals surface area contributed by atoms with Crippen LogP contribution in [0, 0.1) is 5.92 Å². The fourth-order valence-corrected chi connectivity index (χ4v) is 2.50. The van der Waals surface area contributed by atoms with Crippen LogP contribution < -0.4 is 5.32 Å². The highest BCUT2D eigenvalue weighted by Gasteiger charge is 2.19. The highest BCUT2D eigenvalue weighted by atomic mass is 35.5. The highest BCUT2D eigenvalue weighted by Crippen LogP contribution is 2.26. The number of anilines is 1. The van der Waals surface area contributed by atoms with Gasteiger partial charge >= 0.3 is 0 Å². The second kappa shape index (κ2) is 5.48. The Bertz CT molecular complexity index is 343. The van der Waals surface area contributed by atoms with Crippen molar-refractivity contribution in [2.45, 2.75) is 45.1 Å². The van der Waals surface area contributed by atoms with Gasteiger partial charge in [-0.3, -0.25) is 0 Å². The lowest BCUT2D eigenvalue weighted by Gasteiger charge is -2.23. The largest absolute Gasteiger partial charge is 0.381 e. The zero-order valence-electron chi connectivity index (χ0n) is 9.62. The van der Waals surface area contributed by atoms with Gasteiger partial charge in [-0.15, -0.1) is 5.10 Å². The molecule has 1 fully saturated rings. The second-order valence-electron chi connectivity index (χ2n) is 4.63. The quantitative estimate of drug-likeness (QED) is 0.803. The third-order valence-corrected chi connectivity index (χ3v) is 3.52. The Hall–Kier alpha value is -0.830. The van der Waals surface area contributed by atoms with Gasteiger partial charge in [0.2, 0.25) is 0 Å². The molecule has 1 aliphatic rings. The molecule has 3 nitrogen and oxygen atoms in total. The van der Waals surface area contributed by atoms with E-state index in [9.17, 15) is 0 Å². The van der Waals surface area contributed by atoms with Crippen LogP contribution in [-0.4, -0.2) is 16.2 Å². The molecule has 88 valence electrons. The first-order valence-corrected chi connectivity index (χ1v) is 6.38. The van der Waals surface area contributed by atoms with Crippen molar-refractivity contribution < 1.29 is 0 Å². The molecule has 1 aliphatic carbocycles. The smallest absolute Gasteiger partial charge is 0.153 e. The maximum absolute atomic E-state index is 5.82. The summed E-state index contributed by atoms with van der Waals surface area (Å²) in [5.74, 6) is 0.717. The van der Waals surface area contributed by atoms with Crippen molar-refractivity contribution in [2.24, 2.45) is 5.92 Å². The molecular formula is C12H18ClN3. The van der Waals surface area contributed by atoms with Crippen LogP contribution >= 0.6 is 11.6 Å². The molecule has 2 unspecified atom stereocenters. The van der Waals surface area contributed by atoms with E-state index in [1.54, 1.807) is 6.20 Å². The summed E-state index contributed by atoms with van der Waals surface area (Å²) in [5.41, 5.74) is 0.985. The van der Waals surface area contributed by atoms with Crippen LogP contribution in [0.3, 0.4) is 0 Å². The van der Waals surface area contributed by atoms with Crippen LogP contribution in [0.1, 0.15) is 39.0 Å². The van der Waals surface area contributed by atoms with Crippen molar-refractivity contribution in [3.63, 3.8) is 0 Å². The summed E-state index contributed by atoms with van der Waals surface area (Å²) in [6.45, 7) is 2.32. The zero-order chi connectivity index (χ0) is 11.4. The van der Waals surface area contributed by atoms with Crippen LogP contribution in [0.4, 0.5) is 5.69 Å². The molecule has 1 N–H and O–H groups in total. The van der Waals surface area contributed by atoms with E-state index in [0.29, 0.717) is 11.2 Å². The van der Waals surface area contributed by atoms with E-state index >= 15 is 0 Å². The SMILES string of the molecule is CC1CCCCCC1Nc1cnnc(Cl)c1. The summed E-state index contributed by atoms with van der Waals surface area (Å²) in [6.07, 6.45) is 8.31. The Balaban J connectivity index is 2.02. The molecule has 0 amide bonds. The molecule has 0 radical (unpaired) electrons. The number of nitrogens with zero attached hydrogens (tertiary/aromatic N) is 2. The fraction of sp³-hybridized carbons (Fsp3) is 0.667. The molecule has 2 rings (SSSR count). The van der Waals surface area contributed by atoms with E-state index in [1.165, 1.54) is 32.1 Å². The molecule has 0 aromatic carbocycles. The predicted octanol–water partition coefficient (Wildman–Crippen LogP) is 3.51. The summed E-state index contributed by atoms with van der Waals surface area (Å²) in [7, 11) is 0. The highest BCUT2D eigenvalue weighted by molar-refractivity contribution is 6.29. The Morgan fingerprint density at radius 3 is 2.94 bits per heavy atom. The monoisotopic (exact) mass is 239 g/mol. The molecule has 1 aromatic heterocycles. The maximum atomic E-state index is 5.82. The molecular weight excluding hydrogens is 222 g/mol. The fourth-order valence-electron chi connectivity index (χ4n) is 2.34. The average Bonchev–Trinajstić information content (AvgIpc) is 2.45. The summed E-state index contributed by atoms with van der Waals surface area (Å²) < 4.78 is 0. The lowest BCUT2D eigenvalue weighted by Crippen LogP contribution is -2.26. The van der Waals surface area contributed by atoms with Crippen LogP contribution in [0.2, 0.25) is 5.15 Å². The van der Waals surface area contributed by atoms with Crippen molar-refractivity contribution in [3.8, 4) is 0 Å². The molecule has 0 bridgehead atoms. The Morgan fingerprint density at radius 2 is 2.12 bits per heavy atom. The summed E-state index contributed by atoms with van der Waals surface area (Å²) in [4.78, 5) is 0. The number of rotatable bonds is 2. The van der Waals surface area contributed by atoms with Crippen molar-refractivity contribution >= 4 is 17.3 Å². The summed E-state index contributed by atoms with van der Waals surface area (Å²) in [5, 5.41) is 11.6. The van der Waals surface area contributed by atoms with Crippen molar-refractivity contribution in [1.82, 2.24) is 10.2 Å². The van der Waals surface area contributed by atoms with Crippen molar-refractivity contribution in [1.29, 1.82) is 0 Å². The van der Waals surface area contributed by atoms with Crippen molar-refractivity contribution in [2.75, 3.05) is 5.32 Å². The second-order valence-corrected chi connectivity index (χ2v) is 5.02. The number of hydrogen-bond donors (Lipinski definition) is 1. The molecule has 0 saturated heterocycles. The van der Waals surface area contributed by atoms with Crippen molar-refractivity contribution in [3.05, 3.63) is 17.4 Å². The minimum absolute atomic E-state index is 0.450. The lowest BCUT2D eigenvalue weighted by molar-refractivity contribution is 0.456. The first-order valence-electron chi connectivity index (χ1n) is 6.00. The number of hydrogen-bond acceptors (Lipinski definition) is 3. The third-order valence-electron chi connectivity index (χ3n) is 3.34. The lowest BCUT2D eigenvalue weighted by atomic mass is 9.97. The first-order chi connectivity index (χ1) is 7.75. The van der Waals surface area contributed by atoms with E-state index in [2.05, 4.69) is 22.4 Å². The van der Waals surface area contributed by atoms with Gasteiger partial charge in [-0.25, -0.2) is 0 Å². The number of aromatic nitrogens is 2. The Labute approximate surface area is 102 Å². The molecule has 1 saturated carbocycles. The van der Waals surface area contributed by atoms with E-state index < -0.39 is 0 Å². The normalized spacial score (nSPS) is 26.1. The predicted molar refractivity (Wildman–Crippen MR) is 66.7 cm³/mol. The minimum atomic E-state index is 0.450. The van der Waals surface area contributed by atoms with Crippen LogP contribution in [0.15, 0.2) is 12.3 Å². The van der Waals surface area contributed by atoms with E-state index in [4.69, 9.17) is 11.6 Å². The van der Waals surface area contributed by atoms with Gasteiger partial charge in [0.05, 0.1) is 11.9 Å². The number of nitrogens with one attached hydrogen (secondary N) is 1. The van der Waals surface area contributed by atoms with Gasteiger partial charge < -0.3 is 5.32 Å². The van der Waals surface area contributed by atoms with Gasteiger partial charge in [0.1, 0.15) is 0 Å². The maximum Gasteiger partial charge on any atom is 0.153 e. The van der Waals surface area contributed by atoms with Gasteiger partial charge in [0.15, 0.2) is 5.15 Å². The van der Waals surface area contributed by atoms with Gasteiger partial charge in [-0.05, 0) is 18.8 Å². The number of halogens is 1. The van der Waals surface area contributed by atoms with Gasteiger partial charge in [-0.1, -0.05) is 37.8 Å². The van der Waals surface area contributed by atoms with Crippen LogP contribution in [0.5, 0.6) is 0 Å². The molecule has 16 heavy (non-hydrogen) atoms. The minimum Gasteiger partial charge on any atom is -0.381 e. The first kappa shape index (κ1) is 11.6. The topological polar surface area (TPSA) is 37.8 Å². The van der Waals surface area contributed by atoms with Crippen LogP contribution in [0.25, 0.3) is 0 Å². The molecule has 2 atom stereocenters. The molecule has 0 spiro atoms. The molecule has 1 aromatic rings. The Morgan fingerprint density at radius 1 is 1.31 bits per heavy atom. The van der Waals surface area contributed by atoms with Crippen LogP contribution in [-0.2, 0) is 0 Å². The van der Waals surface area contributed by atoms with E-state index in [-0.39, 0.29) is 0 Å². The third kappa shape index (κ3) is 3.08. The summed E-state index contributed by atoms with van der Waals surface area (Å²) in [6, 6.07) is 2.38. The Kier molecular flexibility index (Phi) is 3.99. The van der Waals surface area contributed by atoms with Gasteiger partial charge in [-0.2, -0.15) is 5.10 Å². The average molecular weight is 240 g/mol. The summed E-state index contributed by atoms with van der Waals surface area (Å²) >= 11 is 5.82. The zero-order valence-corrected chi connectivity index (χ0v) is 10.4. The van der Waals surface area contributed by atoms with Gasteiger partial charge in [0, 0.05) is 12.1 Å². The molecule has 4 heteroatoms. The van der Waals surface area contributed by atoms with Gasteiger partial charge in [0.25, 0.3) is 0 Å². The molecule has 1 heterocycles. The standard InChI is InChI=1S/C12H18ClN3/c1-9-5-3-2-4-6-11(9)15-10-7-12(13)16-14-8-10/h7-9,11H,2-6H2,1H3,(H,15,16). The molecule has 0 aliphatic heterocycles.